The van der Waals surface area contributed by atoms with Gasteiger partial charge in [-0.3, -0.25) is 0 Å². The molecule has 0 saturated carbocycles. The number of carbonyl (C=O) groups excluding carboxylic acids is 1. The van der Waals surface area contributed by atoms with Crippen molar-refractivity contribution >= 4 is 6.09 Å². The van der Waals surface area contributed by atoms with Crippen molar-refractivity contribution in [2.75, 3.05) is 13.2 Å². The molecule has 1 atom stereocenters. The normalized spacial score (nSPS) is 18.4. The Morgan fingerprint density at radius 2 is 2.37 bits per heavy atom. The third-order valence-corrected chi connectivity index (χ3v) is 2.78. The Kier molecular flexibility index (Phi) is 3.68. The molecule has 0 radical (unpaired) electrons. The van der Waals surface area contributed by atoms with Crippen LogP contribution in [0.5, 0.6) is 5.88 Å². The molecule has 6 nitrogen and oxygen atoms in total. The van der Waals surface area contributed by atoms with Gasteiger partial charge in [0.1, 0.15) is 5.60 Å². The lowest BCUT2D eigenvalue weighted by atomic mass is 10.1. The van der Waals surface area contributed by atoms with E-state index in [1.807, 2.05) is 32.4 Å². The van der Waals surface area contributed by atoms with Crippen molar-refractivity contribution in [3.05, 3.63) is 11.8 Å². The molecule has 0 bridgehead atoms. The lowest BCUT2D eigenvalue weighted by Gasteiger charge is -2.25. The maximum absolute atomic E-state index is 11.6. The Bertz CT molecular complexity index is 462. The molecule has 1 aromatic rings. The smallest absolute Gasteiger partial charge is 0.407 e. The molecule has 2 heterocycles. The van der Waals surface area contributed by atoms with E-state index in [9.17, 15) is 4.79 Å². The van der Waals surface area contributed by atoms with Crippen LogP contribution in [-0.2, 0) is 11.3 Å². The summed E-state index contributed by atoms with van der Waals surface area (Å²) >= 11 is 0. The number of hydrogen-bond donors (Lipinski definition) is 1. The highest BCUT2D eigenvalue weighted by Crippen LogP contribution is 2.23. The van der Waals surface area contributed by atoms with Crippen LogP contribution < -0.4 is 10.1 Å². The Morgan fingerprint density at radius 1 is 1.63 bits per heavy atom. The van der Waals surface area contributed by atoms with E-state index in [0.717, 1.165) is 18.0 Å². The first-order chi connectivity index (χ1) is 8.85. The van der Waals surface area contributed by atoms with Crippen molar-refractivity contribution < 1.29 is 14.3 Å². The number of nitrogens with zero attached hydrogens (tertiary/aromatic N) is 2. The van der Waals surface area contributed by atoms with Crippen LogP contribution in [0.15, 0.2) is 6.20 Å². The fourth-order valence-electron chi connectivity index (χ4n) is 1.95. The number of nitrogens with one attached hydrogen (secondary N) is 1. The summed E-state index contributed by atoms with van der Waals surface area (Å²) in [5.41, 5.74) is 0.568. The zero-order valence-corrected chi connectivity index (χ0v) is 11.9. The number of hydrogen-bond acceptors (Lipinski definition) is 4. The van der Waals surface area contributed by atoms with Crippen LogP contribution in [0.25, 0.3) is 0 Å². The molecular formula is C13H21N3O3. The molecule has 0 saturated heterocycles. The van der Waals surface area contributed by atoms with Gasteiger partial charge in [0.05, 0.1) is 19.3 Å². The first kappa shape index (κ1) is 13.7. The van der Waals surface area contributed by atoms with Gasteiger partial charge in [0, 0.05) is 18.0 Å². The molecule has 0 spiro atoms. The van der Waals surface area contributed by atoms with E-state index in [1.165, 1.54) is 0 Å². The van der Waals surface area contributed by atoms with Gasteiger partial charge >= 0.3 is 6.09 Å². The fraction of sp³-hybridized carbons (Fsp3) is 0.692. The molecule has 1 amide bonds. The highest BCUT2D eigenvalue weighted by atomic mass is 16.6. The summed E-state index contributed by atoms with van der Waals surface area (Å²) in [7, 11) is 0. The maximum Gasteiger partial charge on any atom is 0.407 e. The molecule has 19 heavy (non-hydrogen) atoms. The average Bonchev–Trinajstić information content (AvgIpc) is 2.66. The number of ether oxygens (including phenoxy) is 2. The van der Waals surface area contributed by atoms with Crippen LogP contribution in [0, 0.1) is 12.8 Å². The summed E-state index contributed by atoms with van der Waals surface area (Å²) in [5.74, 6) is 1.04. The molecule has 0 aromatic carbocycles. The van der Waals surface area contributed by atoms with Gasteiger partial charge in [-0.2, -0.15) is 5.10 Å². The third-order valence-electron chi connectivity index (χ3n) is 2.78. The molecule has 0 aliphatic carbocycles. The zero-order chi connectivity index (χ0) is 14.0. The molecule has 106 valence electrons. The quantitative estimate of drug-likeness (QED) is 0.886. The monoisotopic (exact) mass is 267 g/mol. The summed E-state index contributed by atoms with van der Waals surface area (Å²) < 4.78 is 12.7. The van der Waals surface area contributed by atoms with Gasteiger partial charge in [-0.05, 0) is 27.7 Å². The fourth-order valence-corrected chi connectivity index (χ4v) is 1.95. The van der Waals surface area contributed by atoms with E-state index in [-0.39, 0.29) is 5.92 Å². The van der Waals surface area contributed by atoms with E-state index in [4.69, 9.17) is 9.47 Å². The summed E-state index contributed by atoms with van der Waals surface area (Å²) in [5, 5.41) is 7.01. The van der Waals surface area contributed by atoms with Gasteiger partial charge in [-0.15, -0.1) is 0 Å². The van der Waals surface area contributed by atoms with Gasteiger partial charge in [0.25, 0.3) is 0 Å². The minimum absolute atomic E-state index is 0.208. The SMILES string of the molecule is Cc1cnn2c1OCC(CNC(=O)OC(C)(C)C)C2. The van der Waals surface area contributed by atoms with Crippen molar-refractivity contribution in [2.45, 2.75) is 39.8 Å². The second kappa shape index (κ2) is 5.11. The minimum atomic E-state index is -0.473. The molecule has 1 aromatic heterocycles. The lowest BCUT2D eigenvalue weighted by molar-refractivity contribution is 0.0503. The van der Waals surface area contributed by atoms with Crippen molar-refractivity contribution in [1.82, 2.24) is 15.1 Å². The van der Waals surface area contributed by atoms with E-state index in [0.29, 0.717) is 13.2 Å². The van der Waals surface area contributed by atoms with Gasteiger partial charge in [0.15, 0.2) is 0 Å². The number of amides is 1. The number of carbonyl (C=O) groups is 1. The molecule has 0 fully saturated rings. The summed E-state index contributed by atoms with van der Waals surface area (Å²) in [6, 6.07) is 0. The second-order valence-electron chi connectivity index (χ2n) is 5.87. The van der Waals surface area contributed by atoms with Crippen molar-refractivity contribution in [2.24, 2.45) is 5.92 Å². The molecule has 1 aliphatic rings. The van der Waals surface area contributed by atoms with Gasteiger partial charge in [-0.1, -0.05) is 0 Å². The predicted octanol–water partition coefficient (Wildman–Crippen LogP) is 1.72. The Labute approximate surface area is 113 Å². The van der Waals surface area contributed by atoms with Crippen LogP contribution >= 0.6 is 0 Å². The summed E-state index contributed by atoms with van der Waals surface area (Å²) in [6.07, 6.45) is 1.40. The molecule has 1 unspecified atom stereocenters. The van der Waals surface area contributed by atoms with E-state index >= 15 is 0 Å². The van der Waals surface area contributed by atoms with E-state index < -0.39 is 11.7 Å². The highest BCUT2D eigenvalue weighted by Gasteiger charge is 2.23. The van der Waals surface area contributed by atoms with E-state index in [2.05, 4.69) is 10.4 Å². The van der Waals surface area contributed by atoms with Gasteiger partial charge in [-0.25, -0.2) is 9.48 Å². The van der Waals surface area contributed by atoms with Crippen LogP contribution in [0.3, 0.4) is 0 Å². The van der Waals surface area contributed by atoms with Crippen molar-refractivity contribution in [3.63, 3.8) is 0 Å². The maximum atomic E-state index is 11.6. The Balaban J connectivity index is 1.81. The standard InChI is InChI=1S/C13H21N3O3/c1-9-5-15-16-7-10(8-18-11(9)16)6-14-12(17)19-13(2,3)4/h5,10H,6-8H2,1-4H3,(H,14,17). The number of alkyl carbamates (subject to hydrolysis) is 1. The first-order valence-corrected chi connectivity index (χ1v) is 6.47. The van der Waals surface area contributed by atoms with Gasteiger partial charge < -0.3 is 14.8 Å². The predicted molar refractivity (Wildman–Crippen MR) is 70.2 cm³/mol. The minimum Gasteiger partial charge on any atom is -0.477 e. The summed E-state index contributed by atoms with van der Waals surface area (Å²) in [4.78, 5) is 11.6. The second-order valence-corrected chi connectivity index (χ2v) is 5.87. The molecular weight excluding hydrogens is 246 g/mol. The van der Waals surface area contributed by atoms with Crippen molar-refractivity contribution in [3.8, 4) is 5.88 Å². The van der Waals surface area contributed by atoms with Crippen LogP contribution in [0.4, 0.5) is 4.79 Å². The Morgan fingerprint density at radius 3 is 3.05 bits per heavy atom. The number of aryl methyl sites for hydroxylation is 1. The average molecular weight is 267 g/mol. The number of fused-ring (bicyclic) bond motifs is 1. The third kappa shape index (κ3) is 3.62. The van der Waals surface area contributed by atoms with Crippen LogP contribution in [0.2, 0.25) is 0 Å². The largest absolute Gasteiger partial charge is 0.477 e. The zero-order valence-electron chi connectivity index (χ0n) is 11.9. The Hall–Kier alpha value is -1.72. The van der Waals surface area contributed by atoms with Gasteiger partial charge in [0.2, 0.25) is 5.88 Å². The number of aromatic nitrogens is 2. The molecule has 6 heteroatoms. The molecule has 2 rings (SSSR count). The van der Waals surface area contributed by atoms with Crippen molar-refractivity contribution in [1.29, 1.82) is 0 Å². The highest BCUT2D eigenvalue weighted by molar-refractivity contribution is 5.67. The molecule has 1 N–H and O–H groups in total. The van der Waals surface area contributed by atoms with Crippen LogP contribution in [0.1, 0.15) is 26.3 Å². The molecule has 1 aliphatic heterocycles. The summed E-state index contributed by atoms with van der Waals surface area (Å²) in [6.45, 7) is 9.35. The lowest BCUT2D eigenvalue weighted by Crippen LogP contribution is -2.39. The first-order valence-electron chi connectivity index (χ1n) is 6.47. The number of rotatable bonds is 2. The van der Waals surface area contributed by atoms with E-state index in [1.54, 1.807) is 6.20 Å². The topological polar surface area (TPSA) is 65.4 Å². The van der Waals surface area contributed by atoms with Crippen LogP contribution in [-0.4, -0.2) is 34.6 Å².